The predicted molar refractivity (Wildman–Crippen MR) is 49.6 cm³/mol. The van der Waals surface area contributed by atoms with Crippen molar-refractivity contribution in [3.8, 4) is 0 Å². The molecule has 0 bridgehead atoms. The number of hydrogen-bond donors (Lipinski definition) is 1. The molecule has 0 amide bonds. The minimum absolute atomic E-state index is 0.331. The Morgan fingerprint density at radius 3 is 2.08 bits per heavy atom. The van der Waals surface area contributed by atoms with Crippen molar-refractivity contribution in [1.82, 2.24) is 0 Å². The van der Waals surface area contributed by atoms with Crippen LogP contribution < -0.4 is 0 Å². The molecule has 1 rings (SSSR count). The summed E-state index contributed by atoms with van der Waals surface area (Å²) in [6, 6.07) is 8.30. The van der Waals surface area contributed by atoms with Gasteiger partial charge in [0.25, 0.3) is 0 Å². The number of carboxylic acid groups (broad SMARTS) is 1. The van der Waals surface area contributed by atoms with Crippen molar-refractivity contribution in [3.05, 3.63) is 35.9 Å². The molecule has 0 unspecified atom stereocenters. The summed E-state index contributed by atoms with van der Waals surface area (Å²) in [6.45, 7) is 2.19. The van der Waals surface area contributed by atoms with Gasteiger partial charge in [0.15, 0.2) is 0 Å². The van der Waals surface area contributed by atoms with E-state index < -0.39 is 5.97 Å². The van der Waals surface area contributed by atoms with E-state index in [1.54, 1.807) is 30.3 Å². The summed E-state index contributed by atoms with van der Waals surface area (Å²) < 4.78 is 1.39. The molecule has 0 saturated carbocycles. The Kier molecular flexibility index (Phi) is 7.16. The van der Waals surface area contributed by atoms with E-state index in [1.807, 2.05) is 0 Å². The number of aromatic carboxylic acids is 1. The Balaban J connectivity index is 0.000000354. The SMILES string of the molecule is C[CH2][Na].O=C(O)c1ccccc1. The van der Waals surface area contributed by atoms with Crippen LogP contribution in [0.15, 0.2) is 30.3 Å². The molecule has 1 aromatic carbocycles. The number of carbonyl (C=O) groups is 1. The van der Waals surface area contributed by atoms with Crippen LogP contribution in [0, 0.1) is 0 Å². The first-order valence-corrected chi connectivity index (χ1v) is 5.42. The monoisotopic (exact) mass is 174 g/mol. The Morgan fingerprint density at radius 1 is 1.42 bits per heavy atom. The molecule has 0 aliphatic rings. The first-order chi connectivity index (χ1) is 5.72. The van der Waals surface area contributed by atoms with Crippen LogP contribution in [0.1, 0.15) is 17.3 Å². The van der Waals surface area contributed by atoms with Crippen LogP contribution in [0.2, 0.25) is 3.67 Å². The van der Waals surface area contributed by atoms with Crippen molar-refractivity contribution in [3.63, 3.8) is 0 Å². The first-order valence-electron chi connectivity index (χ1n) is 4.00. The largest absolute Gasteiger partial charge is 0.478 e. The average molecular weight is 174 g/mol. The van der Waals surface area contributed by atoms with Crippen LogP contribution in [0.3, 0.4) is 0 Å². The Morgan fingerprint density at radius 2 is 1.83 bits per heavy atom. The van der Waals surface area contributed by atoms with Gasteiger partial charge in [-0.25, -0.2) is 4.79 Å². The topological polar surface area (TPSA) is 37.3 Å². The fourth-order valence-electron chi connectivity index (χ4n) is 0.581. The van der Waals surface area contributed by atoms with Gasteiger partial charge in [-0.3, -0.25) is 0 Å². The van der Waals surface area contributed by atoms with Crippen LogP contribution in [-0.4, -0.2) is 39.0 Å². The van der Waals surface area contributed by atoms with E-state index in [-0.39, 0.29) is 0 Å². The van der Waals surface area contributed by atoms with E-state index in [1.165, 1.54) is 31.6 Å². The maximum atomic E-state index is 10.2. The van der Waals surface area contributed by atoms with E-state index in [4.69, 9.17) is 5.11 Å². The summed E-state index contributed by atoms with van der Waals surface area (Å²) in [5.41, 5.74) is 0.331. The number of rotatable bonds is 1. The van der Waals surface area contributed by atoms with Crippen molar-refractivity contribution in [2.45, 2.75) is 10.6 Å². The summed E-state index contributed by atoms with van der Waals surface area (Å²) in [5.74, 6) is -0.879. The fraction of sp³-hybridized carbons (Fsp3) is 0.222. The van der Waals surface area contributed by atoms with Crippen molar-refractivity contribution in [2.24, 2.45) is 0 Å². The third kappa shape index (κ3) is 5.35. The van der Waals surface area contributed by atoms with Gasteiger partial charge in [-0.05, 0) is 12.1 Å². The molecule has 0 heterocycles. The number of carboxylic acids is 1. The molecule has 0 saturated heterocycles. The zero-order valence-corrected chi connectivity index (χ0v) is 9.45. The van der Waals surface area contributed by atoms with Crippen LogP contribution >= 0.6 is 0 Å². The molecule has 2 nitrogen and oxygen atoms in total. The van der Waals surface area contributed by atoms with Crippen LogP contribution in [0.4, 0.5) is 0 Å². The molecule has 0 radical (unpaired) electrons. The Bertz CT molecular complexity index is 221. The minimum atomic E-state index is -0.879. The van der Waals surface area contributed by atoms with Gasteiger partial charge in [0.05, 0.1) is 5.56 Å². The van der Waals surface area contributed by atoms with E-state index in [2.05, 4.69) is 6.92 Å². The molecule has 0 aliphatic carbocycles. The molecular weight excluding hydrogens is 163 g/mol. The van der Waals surface area contributed by atoms with Gasteiger partial charge in [0, 0.05) is 0 Å². The summed E-state index contributed by atoms with van der Waals surface area (Å²) in [5, 5.41) is 8.38. The summed E-state index contributed by atoms with van der Waals surface area (Å²) >= 11 is 1.37. The van der Waals surface area contributed by atoms with Gasteiger partial charge < -0.3 is 5.11 Å². The average Bonchev–Trinajstić information content (AvgIpc) is 2.07. The van der Waals surface area contributed by atoms with Gasteiger partial charge in [-0.1, -0.05) is 18.2 Å². The summed E-state index contributed by atoms with van der Waals surface area (Å²) in [7, 11) is 0. The van der Waals surface area contributed by atoms with Gasteiger partial charge >= 0.3 is 44.5 Å². The predicted octanol–water partition coefficient (Wildman–Crippen LogP) is 1.98. The Hall–Kier alpha value is -0.310. The minimum Gasteiger partial charge on any atom is -0.478 e. The normalized spacial score (nSPS) is 8.25. The quantitative estimate of drug-likeness (QED) is 0.661. The van der Waals surface area contributed by atoms with Gasteiger partial charge in [-0.2, -0.15) is 0 Å². The van der Waals surface area contributed by atoms with E-state index in [9.17, 15) is 4.79 Å². The molecule has 0 atom stereocenters. The van der Waals surface area contributed by atoms with Gasteiger partial charge in [0.1, 0.15) is 0 Å². The molecule has 0 spiro atoms. The van der Waals surface area contributed by atoms with Gasteiger partial charge in [-0.15, -0.1) is 0 Å². The molecule has 3 heteroatoms. The molecule has 12 heavy (non-hydrogen) atoms. The zero-order valence-electron chi connectivity index (χ0n) is 7.45. The van der Waals surface area contributed by atoms with Crippen molar-refractivity contribution >= 4 is 33.9 Å². The van der Waals surface area contributed by atoms with Crippen molar-refractivity contribution in [2.75, 3.05) is 0 Å². The fourth-order valence-corrected chi connectivity index (χ4v) is 0.581. The zero-order chi connectivity index (χ0) is 9.40. The maximum absolute atomic E-state index is 10.2. The molecular formula is C9H11NaO2. The van der Waals surface area contributed by atoms with E-state index in [0.29, 0.717) is 5.56 Å². The van der Waals surface area contributed by atoms with Crippen LogP contribution in [0.5, 0.6) is 0 Å². The van der Waals surface area contributed by atoms with E-state index in [0.717, 1.165) is 0 Å². The number of benzene rings is 1. The molecule has 60 valence electrons. The second kappa shape index (κ2) is 7.35. The second-order valence-corrected chi connectivity index (χ2v) is 3.79. The van der Waals surface area contributed by atoms with Gasteiger partial charge in [0.2, 0.25) is 0 Å². The molecule has 1 N–H and O–H groups in total. The maximum Gasteiger partial charge on any atom is 0.335 e. The van der Waals surface area contributed by atoms with Crippen LogP contribution in [-0.2, 0) is 0 Å². The Labute approximate surface area is 90.0 Å². The number of hydrogen-bond acceptors (Lipinski definition) is 1. The molecule has 1 aromatic rings. The second-order valence-electron chi connectivity index (χ2n) is 2.38. The molecule has 0 aromatic heterocycles. The third-order valence-electron chi connectivity index (χ3n) is 1.02. The van der Waals surface area contributed by atoms with Crippen molar-refractivity contribution < 1.29 is 9.90 Å². The van der Waals surface area contributed by atoms with Crippen molar-refractivity contribution in [1.29, 1.82) is 0 Å². The summed E-state index contributed by atoms with van der Waals surface area (Å²) in [4.78, 5) is 10.2. The standard InChI is InChI=1S/C7H6O2.C2H5.Na/c8-7(9)6-4-2-1-3-5-6;1-2;/h1-5H,(H,8,9);1H2,2H3;. The third-order valence-corrected chi connectivity index (χ3v) is 1.02. The smallest absolute Gasteiger partial charge is 0.335 e. The molecule has 0 aliphatic heterocycles. The molecule has 0 fully saturated rings. The van der Waals surface area contributed by atoms with Crippen LogP contribution in [0.25, 0.3) is 0 Å². The summed E-state index contributed by atoms with van der Waals surface area (Å²) in [6.07, 6.45) is 0. The first kappa shape index (κ1) is 11.7. The van der Waals surface area contributed by atoms with E-state index >= 15 is 0 Å².